The average Bonchev–Trinajstić information content (AvgIpc) is 2.84. The lowest BCUT2D eigenvalue weighted by molar-refractivity contribution is -0.116. The lowest BCUT2D eigenvalue weighted by Gasteiger charge is -2.10. The highest BCUT2D eigenvalue weighted by atomic mass is 32.2. The van der Waals surface area contributed by atoms with Crippen LogP contribution in [-0.4, -0.2) is 31.0 Å². The minimum Gasteiger partial charge on any atom is -0.497 e. The van der Waals surface area contributed by atoms with Gasteiger partial charge < -0.3 is 10.1 Å². The molecule has 0 aliphatic carbocycles. The van der Waals surface area contributed by atoms with Crippen molar-refractivity contribution in [2.24, 2.45) is 0 Å². The number of sulfonamides is 1. The number of hydrogen-bond donors (Lipinski definition) is 2. The Morgan fingerprint density at radius 1 is 0.971 bits per heavy atom. The van der Waals surface area contributed by atoms with Gasteiger partial charge in [-0.1, -0.05) is 12.1 Å². The van der Waals surface area contributed by atoms with Gasteiger partial charge in [-0.15, -0.1) is 0 Å². The summed E-state index contributed by atoms with van der Waals surface area (Å²) in [6, 6.07) is 19.3. The van der Waals surface area contributed by atoms with E-state index in [0.29, 0.717) is 28.0 Å². The quantitative estimate of drug-likeness (QED) is 0.401. The maximum atomic E-state index is 12.6. The molecule has 1 heterocycles. The second kappa shape index (κ2) is 9.75. The molecule has 0 saturated heterocycles. The van der Waals surface area contributed by atoms with Crippen LogP contribution in [0.15, 0.2) is 88.8 Å². The molecule has 4 rings (SSSR count). The molecule has 0 spiro atoms. The third-order valence-electron chi connectivity index (χ3n) is 5.10. The van der Waals surface area contributed by atoms with E-state index in [2.05, 4.69) is 15.0 Å². The van der Waals surface area contributed by atoms with Crippen LogP contribution >= 0.6 is 0 Å². The van der Waals surface area contributed by atoms with E-state index in [1.165, 1.54) is 42.3 Å². The average molecular weight is 479 g/mol. The molecule has 0 fully saturated rings. The molecule has 3 aromatic carbocycles. The highest BCUT2D eigenvalue weighted by molar-refractivity contribution is 7.92. The third kappa shape index (κ3) is 5.24. The zero-order chi connectivity index (χ0) is 24.1. The van der Waals surface area contributed by atoms with E-state index in [4.69, 9.17) is 4.74 Å². The summed E-state index contributed by atoms with van der Waals surface area (Å²) in [6.45, 7) is 0.167. The van der Waals surface area contributed by atoms with Crippen molar-refractivity contribution < 1.29 is 17.9 Å². The number of ether oxygens (including phenoxy) is 1. The highest BCUT2D eigenvalue weighted by Crippen LogP contribution is 2.20. The fourth-order valence-electron chi connectivity index (χ4n) is 3.30. The number of aromatic nitrogens is 2. The first kappa shape index (κ1) is 23.0. The fraction of sp³-hybridized carbons (Fsp3) is 0.125. The van der Waals surface area contributed by atoms with Gasteiger partial charge in [0, 0.05) is 24.3 Å². The SMILES string of the molecule is COc1ccc(NS(=O)(=O)c2ccc(NC(=O)CCn3cnc4ccccc4c3=O)cc2)cc1. The Morgan fingerprint density at radius 3 is 2.35 bits per heavy atom. The molecular weight excluding hydrogens is 456 g/mol. The number of fused-ring (bicyclic) bond motifs is 1. The summed E-state index contributed by atoms with van der Waals surface area (Å²) in [5.41, 5.74) is 1.23. The van der Waals surface area contributed by atoms with Crippen molar-refractivity contribution in [2.45, 2.75) is 17.9 Å². The van der Waals surface area contributed by atoms with Crippen LogP contribution < -0.4 is 20.3 Å². The lowest BCUT2D eigenvalue weighted by atomic mass is 10.2. The van der Waals surface area contributed by atoms with Crippen LogP contribution in [0.3, 0.4) is 0 Å². The van der Waals surface area contributed by atoms with Crippen molar-refractivity contribution in [1.82, 2.24) is 9.55 Å². The Hall–Kier alpha value is -4.18. The van der Waals surface area contributed by atoms with Crippen LogP contribution in [0.1, 0.15) is 6.42 Å². The molecule has 0 saturated carbocycles. The van der Waals surface area contributed by atoms with Gasteiger partial charge in [0.15, 0.2) is 0 Å². The zero-order valence-electron chi connectivity index (χ0n) is 18.3. The fourth-order valence-corrected chi connectivity index (χ4v) is 4.36. The number of para-hydroxylation sites is 1. The first-order valence-electron chi connectivity index (χ1n) is 10.4. The molecule has 4 aromatic rings. The number of rotatable bonds is 8. The van der Waals surface area contributed by atoms with E-state index in [-0.39, 0.29) is 29.3 Å². The molecule has 1 amide bonds. The minimum atomic E-state index is -3.80. The van der Waals surface area contributed by atoms with Gasteiger partial charge in [-0.25, -0.2) is 13.4 Å². The van der Waals surface area contributed by atoms with Crippen LogP contribution in [-0.2, 0) is 21.4 Å². The molecule has 0 bridgehead atoms. The number of aryl methyl sites for hydroxylation is 1. The number of nitrogens with one attached hydrogen (secondary N) is 2. The highest BCUT2D eigenvalue weighted by Gasteiger charge is 2.15. The molecule has 0 unspecified atom stereocenters. The molecule has 1 aromatic heterocycles. The van der Waals surface area contributed by atoms with Gasteiger partial charge in [-0.2, -0.15) is 0 Å². The minimum absolute atomic E-state index is 0.0510. The topological polar surface area (TPSA) is 119 Å². The maximum Gasteiger partial charge on any atom is 0.261 e. The predicted molar refractivity (Wildman–Crippen MR) is 129 cm³/mol. The summed E-state index contributed by atoms with van der Waals surface area (Å²) in [7, 11) is -2.27. The largest absolute Gasteiger partial charge is 0.497 e. The van der Waals surface area contributed by atoms with Gasteiger partial charge in [0.1, 0.15) is 5.75 Å². The molecule has 34 heavy (non-hydrogen) atoms. The summed E-state index contributed by atoms with van der Waals surface area (Å²) >= 11 is 0. The number of nitrogens with zero attached hydrogens (tertiary/aromatic N) is 2. The van der Waals surface area contributed by atoms with Gasteiger partial charge in [-0.3, -0.25) is 18.9 Å². The number of anilines is 2. The Bertz CT molecular complexity index is 1480. The number of amides is 1. The number of carbonyl (C=O) groups is 1. The Morgan fingerprint density at radius 2 is 1.65 bits per heavy atom. The van der Waals surface area contributed by atoms with Gasteiger partial charge in [-0.05, 0) is 60.7 Å². The van der Waals surface area contributed by atoms with Gasteiger partial charge in [0.05, 0.1) is 29.2 Å². The Labute approximate surface area is 196 Å². The van der Waals surface area contributed by atoms with Crippen molar-refractivity contribution in [1.29, 1.82) is 0 Å². The normalized spacial score (nSPS) is 11.2. The number of methoxy groups -OCH3 is 1. The van der Waals surface area contributed by atoms with Crippen LogP contribution in [0.5, 0.6) is 5.75 Å². The van der Waals surface area contributed by atoms with Gasteiger partial charge in [0.25, 0.3) is 15.6 Å². The summed E-state index contributed by atoms with van der Waals surface area (Å²) < 4.78 is 34.2. The molecule has 0 aliphatic rings. The molecule has 0 atom stereocenters. The second-order valence-corrected chi connectivity index (χ2v) is 9.10. The Kier molecular flexibility index (Phi) is 6.60. The second-order valence-electron chi connectivity index (χ2n) is 7.42. The molecule has 0 aliphatic heterocycles. The van der Waals surface area contributed by atoms with E-state index in [1.54, 1.807) is 48.5 Å². The smallest absolute Gasteiger partial charge is 0.261 e. The predicted octanol–water partition coefficient (Wildman–Crippen LogP) is 3.23. The van der Waals surface area contributed by atoms with Crippen molar-refractivity contribution >= 4 is 38.2 Å². The van der Waals surface area contributed by atoms with Crippen molar-refractivity contribution in [3.05, 3.63) is 89.5 Å². The van der Waals surface area contributed by atoms with E-state index in [1.807, 2.05) is 0 Å². The third-order valence-corrected chi connectivity index (χ3v) is 6.50. The summed E-state index contributed by atoms with van der Waals surface area (Å²) in [6.07, 6.45) is 1.48. The molecule has 2 N–H and O–H groups in total. The zero-order valence-corrected chi connectivity index (χ0v) is 19.1. The Balaban J connectivity index is 1.37. The maximum absolute atomic E-state index is 12.6. The molecule has 9 nitrogen and oxygen atoms in total. The summed E-state index contributed by atoms with van der Waals surface area (Å²) in [5.74, 6) is 0.303. The van der Waals surface area contributed by atoms with Gasteiger partial charge in [0.2, 0.25) is 5.91 Å². The van der Waals surface area contributed by atoms with Crippen LogP contribution in [0.4, 0.5) is 11.4 Å². The number of carbonyl (C=O) groups excluding carboxylic acids is 1. The van der Waals surface area contributed by atoms with Crippen LogP contribution in [0, 0.1) is 0 Å². The van der Waals surface area contributed by atoms with E-state index in [9.17, 15) is 18.0 Å². The summed E-state index contributed by atoms with van der Waals surface area (Å²) in [5, 5.41) is 3.20. The van der Waals surface area contributed by atoms with Gasteiger partial charge >= 0.3 is 0 Å². The van der Waals surface area contributed by atoms with Crippen molar-refractivity contribution in [3.63, 3.8) is 0 Å². The molecule has 10 heteroatoms. The van der Waals surface area contributed by atoms with Crippen molar-refractivity contribution in [2.75, 3.05) is 17.1 Å². The standard InChI is InChI=1S/C24H22N4O5S/c1-33-19-10-6-18(7-11-19)27-34(31,32)20-12-8-17(9-13-20)26-23(29)14-15-28-16-25-22-5-3-2-4-21(22)24(28)30/h2-13,16,27H,14-15H2,1H3,(H,26,29). The number of benzene rings is 3. The molecule has 0 radical (unpaired) electrons. The first-order chi connectivity index (χ1) is 16.4. The molecule has 174 valence electrons. The first-order valence-corrected chi connectivity index (χ1v) is 11.8. The van der Waals surface area contributed by atoms with Crippen molar-refractivity contribution in [3.8, 4) is 5.75 Å². The lowest BCUT2D eigenvalue weighted by Crippen LogP contribution is -2.23. The van der Waals surface area contributed by atoms with E-state index >= 15 is 0 Å². The molecular formula is C24H22N4O5S. The monoisotopic (exact) mass is 478 g/mol. The van der Waals surface area contributed by atoms with E-state index in [0.717, 1.165) is 0 Å². The summed E-state index contributed by atoms with van der Waals surface area (Å²) in [4.78, 5) is 29.2. The van der Waals surface area contributed by atoms with Crippen LogP contribution in [0.2, 0.25) is 0 Å². The van der Waals surface area contributed by atoms with Crippen LogP contribution in [0.25, 0.3) is 10.9 Å². The van der Waals surface area contributed by atoms with E-state index < -0.39 is 10.0 Å². The number of hydrogen-bond acceptors (Lipinski definition) is 6.